The second kappa shape index (κ2) is 6.52. The minimum Gasteiger partial charge on any atom is -0.507 e. The second-order valence-corrected chi connectivity index (χ2v) is 4.31. The number of phenolic OH excluding ortho intramolecular Hbond substituents is 2. The molecule has 4 nitrogen and oxygen atoms in total. The zero-order valence-electron chi connectivity index (χ0n) is 11.1. The van der Waals surface area contributed by atoms with Crippen LogP contribution in [0.4, 0.5) is 0 Å². The normalized spacial score (nSPS) is 13.1. The van der Waals surface area contributed by atoms with Crippen LogP contribution in [0.1, 0.15) is 18.1 Å². The SMILES string of the molecule is CC(N=Cc1ccccc1O)N=Cc1ccccc1O. The van der Waals surface area contributed by atoms with Crippen LogP contribution in [0.25, 0.3) is 0 Å². The number of benzene rings is 2. The van der Waals surface area contributed by atoms with Gasteiger partial charge in [-0.3, -0.25) is 9.98 Å². The van der Waals surface area contributed by atoms with Crippen molar-refractivity contribution in [1.29, 1.82) is 0 Å². The first-order valence-electron chi connectivity index (χ1n) is 6.29. The number of hydrogen-bond donors (Lipinski definition) is 2. The highest BCUT2D eigenvalue weighted by molar-refractivity contribution is 5.84. The largest absolute Gasteiger partial charge is 0.507 e. The summed E-state index contributed by atoms with van der Waals surface area (Å²) in [5.74, 6) is 0.376. The maximum Gasteiger partial charge on any atom is 0.136 e. The molecule has 0 atom stereocenters. The Hall–Kier alpha value is -2.62. The molecule has 0 bridgehead atoms. The van der Waals surface area contributed by atoms with E-state index in [9.17, 15) is 10.2 Å². The molecule has 0 spiro atoms. The Morgan fingerprint density at radius 1 is 0.800 bits per heavy atom. The maximum absolute atomic E-state index is 9.60. The van der Waals surface area contributed by atoms with Crippen LogP contribution in [0.5, 0.6) is 11.5 Å². The summed E-state index contributed by atoms with van der Waals surface area (Å²) in [6.07, 6.45) is 2.87. The highest BCUT2D eigenvalue weighted by atomic mass is 16.3. The van der Waals surface area contributed by atoms with E-state index in [0.717, 1.165) is 0 Å². The van der Waals surface area contributed by atoms with Crippen LogP contribution in [0.15, 0.2) is 58.5 Å². The Morgan fingerprint density at radius 2 is 1.20 bits per heavy atom. The van der Waals surface area contributed by atoms with Crippen molar-refractivity contribution in [2.75, 3.05) is 0 Å². The molecule has 0 saturated heterocycles. The summed E-state index contributed by atoms with van der Waals surface area (Å²) in [5, 5.41) is 19.2. The zero-order chi connectivity index (χ0) is 14.4. The lowest BCUT2D eigenvalue weighted by atomic mass is 10.2. The van der Waals surface area contributed by atoms with E-state index in [2.05, 4.69) is 9.98 Å². The van der Waals surface area contributed by atoms with Crippen LogP contribution < -0.4 is 0 Å². The highest BCUT2D eigenvalue weighted by Gasteiger charge is 1.98. The van der Waals surface area contributed by atoms with Crippen molar-refractivity contribution in [3.63, 3.8) is 0 Å². The van der Waals surface area contributed by atoms with Gasteiger partial charge in [0.05, 0.1) is 0 Å². The molecule has 102 valence electrons. The summed E-state index contributed by atoms with van der Waals surface area (Å²) in [5.41, 5.74) is 1.30. The van der Waals surface area contributed by atoms with Crippen LogP contribution in [-0.2, 0) is 0 Å². The van der Waals surface area contributed by atoms with Gasteiger partial charge in [-0.1, -0.05) is 24.3 Å². The lowest BCUT2D eigenvalue weighted by molar-refractivity contribution is 0.474. The third-order valence-corrected chi connectivity index (χ3v) is 2.73. The minimum absolute atomic E-state index is 0.188. The fourth-order valence-corrected chi connectivity index (χ4v) is 1.61. The van der Waals surface area contributed by atoms with E-state index in [1.54, 1.807) is 48.8 Å². The van der Waals surface area contributed by atoms with E-state index in [-0.39, 0.29) is 17.7 Å². The van der Waals surface area contributed by atoms with E-state index in [1.807, 2.05) is 19.1 Å². The molecule has 0 radical (unpaired) electrons. The van der Waals surface area contributed by atoms with Crippen molar-refractivity contribution >= 4 is 12.4 Å². The Balaban J connectivity index is 2.04. The molecule has 2 aromatic rings. The van der Waals surface area contributed by atoms with Crippen molar-refractivity contribution < 1.29 is 10.2 Å². The van der Waals surface area contributed by atoms with Crippen LogP contribution in [0, 0.1) is 0 Å². The number of phenols is 2. The number of para-hydroxylation sites is 2. The van der Waals surface area contributed by atoms with Crippen LogP contribution in [0.3, 0.4) is 0 Å². The van der Waals surface area contributed by atoms with Crippen LogP contribution >= 0.6 is 0 Å². The number of aromatic hydroxyl groups is 2. The molecule has 4 heteroatoms. The van der Waals surface area contributed by atoms with Gasteiger partial charge in [0.2, 0.25) is 0 Å². The predicted octanol–water partition coefficient (Wildman–Crippen LogP) is 2.98. The molecule has 0 aromatic heterocycles. The van der Waals surface area contributed by atoms with E-state index < -0.39 is 0 Å². The van der Waals surface area contributed by atoms with Gasteiger partial charge in [-0.05, 0) is 31.2 Å². The van der Waals surface area contributed by atoms with Gasteiger partial charge in [-0.25, -0.2) is 0 Å². The Morgan fingerprint density at radius 3 is 1.60 bits per heavy atom. The fourth-order valence-electron chi connectivity index (χ4n) is 1.61. The quantitative estimate of drug-likeness (QED) is 0.837. The summed E-state index contributed by atoms with van der Waals surface area (Å²) in [6, 6.07) is 13.9. The van der Waals surface area contributed by atoms with Gasteiger partial charge in [-0.15, -0.1) is 0 Å². The average molecular weight is 268 g/mol. The van der Waals surface area contributed by atoms with Gasteiger partial charge in [-0.2, -0.15) is 0 Å². The number of aliphatic imine (C=N–C) groups is 2. The van der Waals surface area contributed by atoms with Crippen molar-refractivity contribution in [3.05, 3.63) is 59.7 Å². The van der Waals surface area contributed by atoms with Crippen molar-refractivity contribution in [2.45, 2.75) is 13.1 Å². The summed E-state index contributed by atoms with van der Waals surface area (Å²) < 4.78 is 0. The summed E-state index contributed by atoms with van der Waals surface area (Å²) in [4.78, 5) is 8.47. The molecule has 2 rings (SSSR count). The monoisotopic (exact) mass is 268 g/mol. The van der Waals surface area contributed by atoms with Crippen molar-refractivity contribution in [2.24, 2.45) is 9.98 Å². The first-order chi connectivity index (χ1) is 9.66. The van der Waals surface area contributed by atoms with Gasteiger partial charge in [0.25, 0.3) is 0 Å². The van der Waals surface area contributed by atoms with Crippen molar-refractivity contribution in [1.82, 2.24) is 0 Å². The molecular formula is C16H16N2O2. The fraction of sp³-hybridized carbons (Fsp3) is 0.125. The first-order valence-corrected chi connectivity index (χ1v) is 6.29. The average Bonchev–Trinajstić information content (AvgIpc) is 2.45. The molecule has 0 saturated carbocycles. The summed E-state index contributed by atoms with van der Waals surface area (Å²) >= 11 is 0. The molecule has 2 N–H and O–H groups in total. The van der Waals surface area contributed by atoms with Gasteiger partial charge in [0.1, 0.15) is 17.7 Å². The standard InChI is InChI=1S/C16H16N2O2/c1-12(17-10-13-6-2-4-8-15(13)19)18-11-14-7-3-5-9-16(14)20/h2-12,19-20H,1H3. The zero-order valence-corrected chi connectivity index (χ0v) is 11.1. The molecule has 0 fully saturated rings. The second-order valence-electron chi connectivity index (χ2n) is 4.31. The van der Waals surface area contributed by atoms with Crippen LogP contribution in [-0.4, -0.2) is 28.8 Å². The number of rotatable bonds is 4. The molecule has 0 aliphatic rings. The molecule has 0 amide bonds. The molecule has 0 aliphatic heterocycles. The molecular weight excluding hydrogens is 252 g/mol. The van der Waals surface area contributed by atoms with Crippen molar-refractivity contribution in [3.8, 4) is 11.5 Å². The first kappa shape index (κ1) is 13.8. The molecule has 0 unspecified atom stereocenters. The highest BCUT2D eigenvalue weighted by Crippen LogP contribution is 2.14. The number of hydrogen-bond acceptors (Lipinski definition) is 4. The Bertz CT molecular complexity index is 580. The third kappa shape index (κ3) is 3.68. The minimum atomic E-state index is -0.297. The maximum atomic E-state index is 9.60. The van der Waals surface area contributed by atoms with Gasteiger partial charge in [0, 0.05) is 23.6 Å². The van der Waals surface area contributed by atoms with Gasteiger partial charge < -0.3 is 10.2 Å². The Labute approximate surface area is 117 Å². The lowest BCUT2D eigenvalue weighted by Crippen LogP contribution is -1.96. The van der Waals surface area contributed by atoms with Crippen LogP contribution in [0.2, 0.25) is 0 Å². The molecule has 20 heavy (non-hydrogen) atoms. The lowest BCUT2D eigenvalue weighted by Gasteiger charge is -2.01. The Kier molecular flexibility index (Phi) is 4.50. The topological polar surface area (TPSA) is 65.2 Å². The van der Waals surface area contributed by atoms with E-state index in [0.29, 0.717) is 11.1 Å². The van der Waals surface area contributed by atoms with Gasteiger partial charge >= 0.3 is 0 Å². The van der Waals surface area contributed by atoms with E-state index >= 15 is 0 Å². The smallest absolute Gasteiger partial charge is 0.136 e. The molecule has 0 heterocycles. The summed E-state index contributed by atoms with van der Waals surface area (Å²) in [7, 11) is 0. The molecule has 2 aromatic carbocycles. The van der Waals surface area contributed by atoms with E-state index in [4.69, 9.17) is 0 Å². The third-order valence-electron chi connectivity index (χ3n) is 2.73. The molecule has 0 aliphatic carbocycles. The summed E-state index contributed by atoms with van der Waals surface area (Å²) in [6.45, 7) is 1.83. The van der Waals surface area contributed by atoms with E-state index in [1.165, 1.54) is 0 Å². The van der Waals surface area contributed by atoms with Gasteiger partial charge in [0.15, 0.2) is 0 Å². The predicted molar refractivity (Wildman–Crippen MR) is 80.9 cm³/mol. The number of nitrogens with zero attached hydrogens (tertiary/aromatic N) is 2.